The molecule has 0 aliphatic carbocycles. The van der Waals surface area contributed by atoms with Crippen molar-refractivity contribution in [3.05, 3.63) is 65.0 Å². The second-order valence-electron chi connectivity index (χ2n) is 7.32. The minimum absolute atomic E-state index is 0.0221. The number of carbonyl (C=O) groups excluding carboxylic acids is 1. The van der Waals surface area contributed by atoms with Crippen LogP contribution in [0.1, 0.15) is 27.4 Å². The lowest BCUT2D eigenvalue weighted by atomic mass is 10.1. The summed E-state index contributed by atoms with van der Waals surface area (Å²) in [5.41, 5.74) is 1.95. The number of nitrogens with one attached hydrogen (secondary N) is 1. The molecule has 1 fully saturated rings. The molecule has 0 unspecified atom stereocenters. The van der Waals surface area contributed by atoms with Gasteiger partial charge in [-0.15, -0.1) is 0 Å². The van der Waals surface area contributed by atoms with Crippen molar-refractivity contribution in [2.45, 2.75) is 19.6 Å². The number of amides is 1. The lowest BCUT2D eigenvalue weighted by Gasteiger charge is -2.27. The Morgan fingerprint density at radius 3 is 2.56 bits per heavy atom. The Hall–Kier alpha value is -3.01. The maximum atomic E-state index is 12.9. The first-order valence-electron chi connectivity index (χ1n) is 10.0. The molecule has 1 aromatic heterocycles. The molecule has 0 spiro atoms. The summed E-state index contributed by atoms with van der Waals surface area (Å²) in [7, 11) is 0. The maximum Gasteiger partial charge on any atom is 0.416 e. The molecule has 1 saturated heterocycles. The van der Waals surface area contributed by atoms with Gasteiger partial charge in [0, 0.05) is 41.4 Å². The first-order valence-corrected chi connectivity index (χ1v) is 11.2. The van der Waals surface area contributed by atoms with Crippen molar-refractivity contribution in [3.8, 4) is 11.4 Å². The number of aromatic nitrogens is 2. The first-order chi connectivity index (χ1) is 15.3. The molecule has 4 rings (SSSR count). The second kappa shape index (κ2) is 9.23. The average Bonchev–Trinajstić information content (AvgIpc) is 3.27. The number of hydrogen-bond acceptors (Lipinski definition) is 6. The highest BCUT2D eigenvalue weighted by molar-refractivity contribution is 7.99. The van der Waals surface area contributed by atoms with Gasteiger partial charge < -0.3 is 14.7 Å². The van der Waals surface area contributed by atoms with Crippen molar-refractivity contribution in [1.29, 1.82) is 0 Å². The van der Waals surface area contributed by atoms with Gasteiger partial charge in [-0.05, 0) is 36.8 Å². The smallest absolute Gasteiger partial charge is 0.376 e. The Kier molecular flexibility index (Phi) is 6.40. The summed E-state index contributed by atoms with van der Waals surface area (Å²) in [4.78, 5) is 19.0. The molecule has 0 radical (unpaired) electrons. The van der Waals surface area contributed by atoms with E-state index < -0.39 is 11.7 Å². The summed E-state index contributed by atoms with van der Waals surface area (Å²) in [6, 6.07) is 10.1. The minimum atomic E-state index is -4.40. The molecule has 6 nitrogen and oxygen atoms in total. The average molecular weight is 462 g/mol. The molecule has 1 aliphatic rings. The number of alkyl halides is 3. The van der Waals surface area contributed by atoms with Gasteiger partial charge in [0.05, 0.1) is 12.1 Å². The van der Waals surface area contributed by atoms with Crippen LogP contribution in [0.15, 0.2) is 47.0 Å². The molecule has 0 bridgehead atoms. The van der Waals surface area contributed by atoms with E-state index >= 15 is 0 Å². The predicted octanol–water partition coefficient (Wildman–Crippen LogP) is 4.86. The number of halogens is 3. The van der Waals surface area contributed by atoms with E-state index in [2.05, 4.69) is 15.5 Å². The molecule has 1 N–H and O–H groups in total. The predicted molar refractivity (Wildman–Crippen MR) is 116 cm³/mol. The highest BCUT2D eigenvalue weighted by Crippen LogP contribution is 2.30. The third-order valence-corrected chi connectivity index (χ3v) is 6.17. The van der Waals surface area contributed by atoms with E-state index in [1.165, 1.54) is 12.1 Å². The van der Waals surface area contributed by atoms with Gasteiger partial charge in [0.25, 0.3) is 5.91 Å². The summed E-state index contributed by atoms with van der Waals surface area (Å²) in [6.07, 6.45) is -4.40. The second-order valence-corrected chi connectivity index (χ2v) is 8.55. The third-order valence-electron chi connectivity index (χ3n) is 5.23. The molecule has 1 aliphatic heterocycles. The number of carbonyl (C=O) groups is 1. The number of anilines is 1. The van der Waals surface area contributed by atoms with Crippen LogP contribution in [0.25, 0.3) is 11.4 Å². The van der Waals surface area contributed by atoms with Crippen LogP contribution in [0.3, 0.4) is 0 Å². The standard InChI is InChI=1S/C22H21F3N4O2S/c1-14-17(21(30)29-9-11-32-12-10-29)3-2-4-18(14)26-13-19-27-20(28-31-19)15-5-7-16(8-6-15)22(23,24)25/h2-8,26H,9-13H2,1H3. The van der Waals surface area contributed by atoms with E-state index in [0.29, 0.717) is 11.1 Å². The van der Waals surface area contributed by atoms with Gasteiger partial charge in [0.1, 0.15) is 0 Å². The largest absolute Gasteiger partial charge is 0.416 e. The van der Waals surface area contributed by atoms with E-state index in [4.69, 9.17) is 4.52 Å². The summed E-state index contributed by atoms with van der Waals surface area (Å²) < 4.78 is 43.4. The highest BCUT2D eigenvalue weighted by atomic mass is 32.2. The van der Waals surface area contributed by atoms with Crippen molar-refractivity contribution >= 4 is 23.4 Å². The zero-order valence-corrected chi connectivity index (χ0v) is 18.1. The van der Waals surface area contributed by atoms with Crippen LogP contribution in [0.2, 0.25) is 0 Å². The van der Waals surface area contributed by atoms with Gasteiger partial charge in [-0.1, -0.05) is 23.4 Å². The lowest BCUT2D eigenvalue weighted by molar-refractivity contribution is -0.137. The molecular formula is C22H21F3N4O2S. The highest BCUT2D eigenvalue weighted by Gasteiger charge is 2.30. The summed E-state index contributed by atoms with van der Waals surface area (Å²) >= 11 is 1.85. The van der Waals surface area contributed by atoms with Gasteiger partial charge in [0.15, 0.2) is 0 Å². The molecule has 32 heavy (non-hydrogen) atoms. The van der Waals surface area contributed by atoms with Crippen LogP contribution in [-0.4, -0.2) is 45.5 Å². The Morgan fingerprint density at radius 2 is 1.88 bits per heavy atom. The van der Waals surface area contributed by atoms with Crippen molar-refractivity contribution in [3.63, 3.8) is 0 Å². The Balaban J connectivity index is 1.43. The number of nitrogens with zero attached hydrogens (tertiary/aromatic N) is 3. The van der Waals surface area contributed by atoms with Crippen LogP contribution < -0.4 is 5.32 Å². The fraction of sp³-hybridized carbons (Fsp3) is 0.318. The first kappa shape index (κ1) is 22.2. The van der Waals surface area contributed by atoms with Crippen molar-refractivity contribution in [2.75, 3.05) is 29.9 Å². The summed E-state index contributed by atoms with van der Waals surface area (Å²) in [5.74, 6) is 2.40. The molecule has 168 valence electrons. The zero-order valence-electron chi connectivity index (χ0n) is 17.3. The van der Waals surface area contributed by atoms with Gasteiger partial charge in [0.2, 0.25) is 11.7 Å². The Morgan fingerprint density at radius 1 is 1.16 bits per heavy atom. The molecule has 2 aromatic carbocycles. The topological polar surface area (TPSA) is 71.3 Å². The Bertz CT molecular complexity index is 1090. The number of rotatable bonds is 5. The Labute approximate surface area is 187 Å². The molecule has 2 heterocycles. The SMILES string of the molecule is Cc1c(NCc2nc(-c3ccc(C(F)(F)F)cc3)no2)cccc1C(=O)N1CCSCC1. The van der Waals surface area contributed by atoms with E-state index in [-0.39, 0.29) is 24.2 Å². The molecule has 1 amide bonds. The lowest BCUT2D eigenvalue weighted by Crippen LogP contribution is -2.38. The van der Waals surface area contributed by atoms with E-state index in [9.17, 15) is 18.0 Å². The van der Waals surface area contributed by atoms with Gasteiger partial charge >= 0.3 is 6.18 Å². The molecule has 3 aromatic rings. The molecule has 10 heteroatoms. The molecule has 0 saturated carbocycles. The maximum absolute atomic E-state index is 12.9. The quantitative estimate of drug-likeness (QED) is 0.584. The molecular weight excluding hydrogens is 441 g/mol. The third kappa shape index (κ3) is 4.90. The van der Waals surface area contributed by atoms with E-state index in [1.54, 1.807) is 0 Å². The van der Waals surface area contributed by atoms with Gasteiger partial charge in [-0.25, -0.2) is 0 Å². The normalized spacial score (nSPS) is 14.4. The summed E-state index contributed by atoms with van der Waals surface area (Å²) in [5, 5.41) is 7.05. The van der Waals surface area contributed by atoms with Crippen molar-refractivity contribution in [1.82, 2.24) is 15.0 Å². The minimum Gasteiger partial charge on any atom is -0.376 e. The number of hydrogen-bond donors (Lipinski definition) is 1. The van der Waals surface area contributed by atoms with Gasteiger partial charge in [-0.2, -0.15) is 29.9 Å². The van der Waals surface area contributed by atoms with Crippen LogP contribution in [0, 0.1) is 6.92 Å². The fourth-order valence-electron chi connectivity index (χ4n) is 3.42. The van der Waals surface area contributed by atoms with Crippen LogP contribution >= 0.6 is 11.8 Å². The van der Waals surface area contributed by atoms with Crippen LogP contribution in [0.5, 0.6) is 0 Å². The molecule has 0 atom stereocenters. The fourth-order valence-corrected chi connectivity index (χ4v) is 4.32. The van der Waals surface area contributed by atoms with Crippen molar-refractivity contribution in [2.24, 2.45) is 0 Å². The monoisotopic (exact) mass is 462 g/mol. The van der Waals surface area contributed by atoms with E-state index in [0.717, 1.165) is 48.0 Å². The van der Waals surface area contributed by atoms with E-state index in [1.807, 2.05) is 41.8 Å². The number of thioether (sulfide) groups is 1. The van der Waals surface area contributed by atoms with Gasteiger partial charge in [-0.3, -0.25) is 4.79 Å². The summed E-state index contributed by atoms with van der Waals surface area (Å²) in [6.45, 7) is 3.59. The van der Waals surface area contributed by atoms with Crippen LogP contribution in [-0.2, 0) is 12.7 Å². The van der Waals surface area contributed by atoms with Crippen molar-refractivity contribution < 1.29 is 22.5 Å². The van der Waals surface area contributed by atoms with Crippen LogP contribution in [0.4, 0.5) is 18.9 Å². The number of benzene rings is 2. The zero-order chi connectivity index (χ0) is 22.7.